The molecule has 0 saturated heterocycles. The Kier molecular flexibility index (Phi) is 3.87. The van der Waals surface area contributed by atoms with Gasteiger partial charge in [0.1, 0.15) is 0 Å². The van der Waals surface area contributed by atoms with Crippen molar-refractivity contribution >= 4 is 21.6 Å². The summed E-state index contributed by atoms with van der Waals surface area (Å²) >= 11 is 3.32. The molecule has 2 nitrogen and oxygen atoms in total. The zero-order valence-corrected chi connectivity index (χ0v) is 11.2. The predicted molar refractivity (Wildman–Crippen MR) is 71.4 cm³/mol. The molecular formula is C13H18BrNO. The largest absolute Gasteiger partial charge is 0.390 e. The Balaban J connectivity index is 2.22. The average molecular weight is 284 g/mol. The average Bonchev–Trinajstić information content (AvgIpc) is 2.32. The molecule has 0 bridgehead atoms. The van der Waals surface area contributed by atoms with Crippen molar-refractivity contribution in [1.82, 2.24) is 0 Å². The molecule has 1 heterocycles. The van der Waals surface area contributed by atoms with Crippen molar-refractivity contribution in [3.63, 3.8) is 0 Å². The molecule has 0 radical (unpaired) electrons. The van der Waals surface area contributed by atoms with Gasteiger partial charge < -0.3 is 10.0 Å². The number of halogens is 1. The van der Waals surface area contributed by atoms with E-state index in [0.29, 0.717) is 17.9 Å². The Labute approximate surface area is 105 Å². The van der Waals surface area contributed by atoms with Crippen LogP contribution in [0.25, 0.3) is 0 Å². The van der Waals surface area contributed by atoms with Crippen molar-refractivity contribution in [2.75, 3.05) is 16.8 Å². The van der Waals surface area contributed by atoms with Crippen LogP contribution in [0, 0.1) is 0 Å². The van der Waals surface area contributed by atoms with Crippen LogP contribution in [-0.2, 0) is 6.42 Å². The summed E-state index contributed by atoms with van der Waals surface area (Å²) < 4.78 is 0. The molecule has 0 fully saturated rings. The Morgan fingerprint density at radius 2 is 2.25 bits per heavy atom. The summed E-state index contributed by atoms with van der Waals surface area (Å²) in [5.41, 5.74) is 2.70. The van der Waals surface area contributed by atoms with E-state index in [1.54, 1.807) is 0 Å². The lowest BCUT2D eigenvalue weighted by molar-refractivity contribution is 0.202. The van der Waals surface area contributed by atoms with Crippen LogP contribution < -0.4 is 4.90 Å². The van der Waals surface area contributed by atoms with E-state index in [-0.39, 0.29) is 6.10 Å². The van der Waals surface area contributed by atoms with Gasteiger partial charge in [-0.1, -0.05) is 34.1 Å². The molecule has 1 aromatic rings. The second-order valence-corrected chi connectivity index (χ2v) is 5.12. The van der Waals surface area contributed by atoms with E-state index in [2.05, 4.69) is 52.0 Å². The van der Waals surface area contributed by atoms with Crippen LogP contribution in [0.1, 0.15) is 18.9 Å². The minimum Gasteiger partial charge on any atom is -0.390 e. The lowest BCUT2D eigenvalue weighted by atomic mass is 9.96. The number of alkyl halides is 1. The Bertz CT molecular complexity index is 356. The molecular weight excluding hydrogens is 266 g/mol. The number of β-amino-alcohol motifs (C(OH)–C–C–N with tert-alkyl or cyclic N) is 1. The third-order valence-corrected chi connectivity index (χ3v) is 4.00. The van der Waals surface area contributed by atoms with Gasteiger partial charge in [0, 0.05) is 23.6 Å². The van der Waals surface area contributed by atoms with E-state index < -0.39 is 0 Å². The zero-order valence-electron chi connectivity index (χ0n) is 9.56. The minimum atomic E-state index is -0.298. The van der Waals surface area contributed by atoms with Crippen molar-refractivity contribution < 1.29 is 5.11 Å². The summed E-state index contributed by atoms with van der Waals surface area (Å²) in [5.74, 6) is 0. The van der Waals surface area contributed by atoms with Gasteiger partial charge in [-0.3, -0.25) is 0 Å². The number of hydrogen-bond acceptors (Lipinski definition) is 2. The second kappa shape index (κ2) is 5.19. The number of aryl methyl sites for hydroxylation is 1. The number of aliphatic hydroxyl groups is 1. The molecule has 2 atom stereocenters. The van der Waals surface area contributed by atoms with Gasteiger partial charge in [0.25, 0.3) is 0 Å². The van der Waals surface area contributed by atoms with Gasteiger partial charge in [-0.05, 0) is 31.4 Å². The van der Waals surface area contributed by atoms with Gasteiger partial charge in [0.15, 0.2) is 0 Å². The maximum absolute atomic E-state index is 9.76. The molecule has 1 aliphatic heterocycles. The minimum absolute atomic E-state index is 0.298. The van der Waals surface area contributed by atoms with E-state index in [9.17, 15) is 5.11 Å². The number of rotatable bonds is 3. The van der Waals surface area contributed by atoms with E-state index in [4.69, 9.17) is 0 Å². The van der Waals surface area contributed by atoms with Gasteiger partial charge in [-0.15, -0.1) is 0 Å². The molecule has 0 aliphatic carbocycles. The molecule has 16 heavy (non-hydrogen) atoms. The van der Waals surface area contributed by atoms with Crippen LogP contribution in [0.15, 0.2) is 24.3 Å². The molecule has 2 rings (SSSR count). The highest BCUT2D eigenvalue weighted by Crippen LogP contribution is 2.30. The molecule has 1 aliphatic rings. The van der Waals surface area contributed by atoms with Crippen LogP contribution in [0.2, 0.25) is 0 Å². The van der Waals surface area contributed by atoms with Crippen LogP contribution in [-0.4, -0.2) is 29.1 Å². The van der Waals surface area contributed by atoms with E-state index >= 15 is 0 Å². The molecule has 2 unspecified atom stereocenters. The van der Waals surface area contributed by atoms with Crippen molar-refractivity contribution in [2.24, 2.45) is 0 Å². The highest BCUT2D eigenvalue weighted by molar-refractivity contribution is 9.09. The summed E-state index contributed by atoms with van der Waals surface area (Å²) in [4.78, 5) is 2.32. The summed E-state index contributed by atoms with van der Waals surface area (Å²) in [6, 6.07) is 9.03. The molecule has 1 N–H and O–H groups in total. The standard InChI is InChI=1S/C13H18BrNO/c1-10-6-7-11-4-2-3-5-13(11)15(10)9-12(16)8-14/h2-5,10,12,16H,6-9H2,1H3. The number of anilines is 1. The van der Waals surface area contributed by atoms with Crippen molar-refractivity contribution in [2.45, 2.75) is 31.9 Å². The number of aliphatic hydroxyl groups excluding tert-OH is 1. The molecule has 3 heteroatoms. The van der Waals surface area contributed by atoms with Gasteiger partial charge in [0.2, 0.25) is 0 Å². The third-order valence-electron chi connectivity index (χ3n) is 3.25. The first-order chi connectivity index (χ1) is 7.72. The van der Waals surface area contributed by atoms with Crippen molar-refractivity contribution in [3.8, 4) is 0 Å². The quantitative estimate of drug-likeness (QED) is 0.862. The molecule has 88 valence electrons. The molecule has 0 spiro atoms. The molecule has 1 aromatic carbocycles. The van der Waals surface area contributed by atoms with Gasteiger partial charge >= 0.3 is 0 Å². The smallest absolute Gasteiger partial charge is 0.0811 e. The maximum Gasteiger partial charge on any atom is 0.0811 e. The van der Waals surface area contributed by atoms with Crippen LogP contribution in [0.5, 0.6) is 0 Å². The van der Waals surface area contributed by atoms with E-state index in [1.807, 2.05) is 0 Å². The molecule has 0 amide bonds. The molecule has 0 saturated carbocycles. The lowest BCUT2D eigenvalue weighted by Crippen LogP contribution is -2.42. The fourth-order valence-electron chi connectivity index (χ4n) is 2.31. The normalized spacial score (nSPS) is 21.7. The van der Waals surface area contributed by atoms with Crippen LogP contribution >= 0.6 is 15.9 Å². The zero-order chi connectivity index (χ0) is 11.5. The van der Waals surface area contributed by atoms with E-state index in [1.165, 1.54) is 17.7 Å². The second-order valence-electron chi connectivity index (χ2n) is 4.48. The first kappa shape index (κ1) is 11.9. The number of hydrogen-bond donors (Lipinski definition) is 1. The summed E-state index contributed by atoms with van der Waals surface area (Å²) in [6.45, 7) is 2.94. The summed E-state index contributed by atoms with van der Waals surface area (Å²) in [6.07, 6.45) is 2.03. The Hall–Kier alpha value is -0.540. The number of para-hydroxylation sites is 1. The summed E-state index contributed by atoms with van der Waals surface area (Å²) in [7, 11) is 0. The fourth-order valence-corrected chi connectivity index (χ4v) is 2.52. The van der Waals surface area contributed by atoms with Gasteiger partial charge in [0.05, 0.1) is 6.10 Å². The highest BCUT2D eigenvalue weighted by atomic mass is 79.9. The topological polar surface area (TPSA) is 23.5 Å². The van der Waals surface area contributed by atoms with Gasteiger partial charge in [-0.25, -0.2) is 0 Å². The number of benzene rings is 1. The predicted octanol–water partition coefficient (Wildman–Crippen LogP) is 2.58. The highest BCUT2D eigenvalue weighted by Gasteiger charge is 2.23. The lowest BCUT2D eigenvalue weighted by Gasteiger charge is -2.38. The van der Waals surface area contributed by atoms with Crippen molar-refractivity contribution in [1.29, 1.82) is 0 Å². The summed E-state index contributed by atoms with van der Waals surface area (Å²) in [5, 5.41) is 10.4. The maximum atomic E-state index is 9.76. The van der Waals surface area contributed by atoms with E-state index in [0.717, 1.165) is 6.42 Å². The van der Waals surface area contributed by atoms with Gasteiger partial charge in [-0.2, -0.15) is 0 Å². The van der Waals surface area contributed by atoms with Crippen LogP contribution in [0.3, 0.4) is 0 Å². The Morgan fingerprint density at radius 3 is 3.00 bits per heavy atom. The number of nitrogens with zero attached hydrogens (tertiary/aromatic N) is 1. The molecule has 0 aromatic heterocycles. The van der Waals surface area contributed by atoms with Crippen LogP contribution in [0.4, 0.5) is 5.69 Å². The monoisotopic (exact) mass is 283 g/mol. The third kappa shape index (κ3) is 2.41. The number of fused-ring (bicyclic) bond motifs is 1. The first-order valence-corrected chi connectivity index (χ1v) is 6.93. The van der Waals surface area contributed by atoms with Crippen molar-refractivity contribution in [3.05, 3.63) is 29.8 Å². The fraction of sp³-hybridized carbons (Fsp3) is 0.538. The SMILES string of the molecule is CC1CCc2ccccc2N1CC(O)CBr. The Morgan fingerprint density at radius 1 is 1.50 bits per heavy atom. The first-order valence-electron chi connectivity index (χ1n) is 5.81.